The summed E-state index contributed by atoms with van der Waals surface area (Å²) in [7, 11) is 6.43. The van der Waals surface area contributed by atoms with Crippen molar-refractivity contribution in [2.45, 2.75) is 24.7 Å². The normalized spacial score (nSPS) is 18.0. The number of carbonyl (C=O) groups is 2. The molecule has 2 heterocycles. The summed E-state index contributed by atoms with van der Waals surface area (Å²) in [6, 6.07) is 43.1. The van der Waals surface area contributed by atoms with Crippen LogP contribution in [0.15, 0.2) is 133 Å². The molecular formula is C46H42N2O6. The van der Waals surface area contributed by atoms with Crippen molar-refractivity contribution in [3.8, 4) is 23.0 Å². The zero-order valence-corrected chi connectivity index (χ0v) is 31.2. The zero-order valence-electron chi connectivity index (χ0n) is 31.2. The number of anilines is 2. The lowest BCUT2D eigenvalue weighted by atomic mass is 9.69. The fourth-order valence-electron chi connectivity index (χ4n) is 7.79. The van der Waals surface area contributed by atoms with Gasteiger partial charge in [-0.05, 0) is 36.1 Å². The number of benzene rings is 6. The van der Waals surface area contributed by atoms with Crippen LogP contribution in [0.3, 0.4) is 0 Å². The highest BCUT2D eigenvalue weighted by Gasteiger charge is 2.53. The second-order valence-electron chi connectivity index (χ2n) is 13.4. The average Bonchev–Trinajstić information content (AvgIpc) is 3.69. The number of rotatable bonds is 8. The monoisotopic (exact) mass is 718 g/mol. The van der Waals surface area contributed by atoms with Gasteiger partial charge in [-0.1, -0.05) is 120 Å². The van der Waals surface area contributed by atoms with Crippen LogP contribution in [0.1, 0.15) is 44.5 Å². The van der Waals surface area contributed by atoms with Gasteiger partial charge in [-0.3, -0.25) is 9.59 Å². The molecule has 8 heteroatoms. The van der Waals surface area contributed by atoms with E-state index in [4.69, 9.17) is 18.9 Å². The Morgan fingerprint density at radius 2 is 0.759 bits per heavy atom. The van der Waals surface area contributed by atoms with Crippen LogP contribution in [-0.2, 0) is 20.4 Å². The molecule has 2 amide bonds. The van der Waals surface area contributed by atoms with E-state index in [1.54, 1.807) is 28.4 Å². The molecule has 6 aromatic carbocycles. The fraction of sp³-hybridized carbons (Fsp3) is 0.174. The van der Waals surface area contributed by atoms with Crippen molar-refractivity contribution < 1.29 is 28.5 Å². The molecule has 0 saturated heterocycles. The number of hydrogen-bond donors (Lipinski definition) is 2. The largest absolute Gasteiger partial charge is 0.497 e. The molecule has 0 aromatic heterocycles. The van der Waals surface area contributed by atoms with Gasteiger partial charge >= 0.3 is 0 Å². The van der Waals surface area contributed by atoms with Crippen molar-refractivity contribution in [3.63, 3.8) is 0 Å². The molecule has 0 unspecified atom stereocenters. The number of methoxy groups -OCH3 is 4. The van der Waals surface area contributed by atoms with E-state index in [2.05, 4.69) is 10.6 Å². The van der Waals surface area contributed by atoms with Gasteiger partial charge in [0.2, 0.25) is 11.8 Å². The molecule has 0 spiro atoms. The van der Waals surface area contributed by atoms with Crippen LogP contribution in [0.5, 0.6) is 23.0 Å². The van der Waals surface area contributed by atoms with Gasteiger partial charge in [0.1, 0.15) is 33.8 Å². The SMILES string of the molecule is COc1cc2c(c(OC)c1)[C@](c1ccccc1)(c1ccc(C)cc1)C(=O)N2.COc1cc2c(c(OC)c1)[C@](c1ccccc1)(c1ccc(C)cc1)C(=O)N2. The summed E-state index contributed by atoms with van der Waals surface area (Å²) in [5, 5.41) is 6.10. The lowest BCUT2D eigenvalue weighted by Gasteiger charge is -2.30. The molecule has 2 aliphatic rings. The van der Waals surface area contributed by atoms with E-state index in [9.17, 15) is 9.59 Å². The van der Waals surface area contributed by atoms with Gasteiger partial charge in [0.15, 0.2) is 0 Å². The molecule has 54 heavy (non-hydrogen) atoms. The Kier molecular flexibility index (Phi) is 9.60. The van der Waals surface area contributed by atoms with Gasteiger partial charge < -0.3 is 29.6 Å². The summed E-state index contributed by atoms with van der Waals surface area (Å²) in [5.41, 5.74) is 6.95. The smallest absolute Gasteiger partial charge is 0.244 e. The predicted molar refractivity (Wildman–Crippen MR) is 211 cm³/mol. The Hall–Kier alpha value is -6.54. The lowest BCUT2D eigenvalue weighted by Crippen LogP contribution is -2.37. The van der Waals surface area contributed by atoms with E-state index in [-0.39, 0.29) is 11.8 Å². The molecule has 0 radical (unpaired) electrons. The number of carbonyl (C=O) groups excluding carboxylic acids is 2. The minimum Gasteiger partial charge on any atom is -0.497 e. The second kappa shape index (κ2) is 14.5. The number of aryl methyl sites for hydroxylation is 2. The van der Waals surface area contributed by atoms with Crippen molar-refractivity contribution >= 4 is 23.2 Å². The van der Waals surface area contributed by atoms with E-state index in [1.807, 2.05) is 147 Å². The zero-order chi connectivity index (χ0) is 38.0. The summed E-state index contributed by atoms with van der Waals surface area (Å²) in [5.74, 6) is 2.31. The Morgan fingerprint density at radius 3 is 1.07 bits per heavy atom. The topological polar surface area (TPSA) is 95.1 Å². The van der Waals surface area contributed by atoms with E-state index >= 15 is 0 Å². The molecule has 8 nitrogen and oxygen atoms in total. The maximum atomic E-state index is 13.5. The predicted octanol–water partition coefficient (Wildman–Crippen LogP) is 8.60. The molecule has 0 bridgehead atoms. The molecule has 8 rings (SSSR count). The maximum Gasteiger partial charge on any atom is 0.244 e. The standard InChI is InChI=1S/2C23H21NO3/c2*1-15-9-11-17(12-10-15)23(16-7-5-4-6-8-16)21-19(24-22(23)25)13-18(26-2)14-20(21)27-3/h2*4-14H,1-3H3,(H,24,25)/t2*23-/m00/s1. The van der Waals surface area contributed by atoms with E-state index in [1.165, 1.54) is 0 Å². The van der Waals surface area contributed by atoms with Gasteiger partial charge in [0.05, 0.1) is 39.8 Å². The Balaban J connectivity index is 0.000000167. The van der Waals surface area contributed by atoms with Crippen molar-refractivity contribution in [2.75, 3.05) is 39.1 Å². The molecule has 0 fully saturated rings. The lowest BCUT2D eigenvalue weighted by molar-refractivity contribution is -0.119. The molecular weight excluding hydrogens is 677 g/mol. The van der Waals surface area contributed by atoms with Crippen molar-refractivity contribution in [1.29, 1.82) is 0 Å². The fourth-order valence-corrected chi connectivity index (χ4v) is 7.79. The van der Waals surface area contributed by atoms with Crippen LogP contribution in [-0.4, -0.2) is 40.3 Å². The van der Waals surface area contributed by atoms with Gasteiger partial charge in [-0.15, -0.1) is 0 Å². The number of ether oxygens (including phenoxy) is 4. The molecule has 6 aromatic rings. The minimum atomic E-state index is -0.984. The number of nitrogens with one attached hydrogen (secondary N) is 2. The average molecular weight is 719 g/mol. The quantitative estimate of drug-likeness (QED) is 0.164. The maximum absolute atomic E-state index is 13.5. The van der Waals surface area contributed by atoms with Gasteiger partial charge in [0, 0.05) is 35.4 Å². The Bertz CT molecular complexity index is 2160. The Labute approximate surface area is 315 Å². The molecule has 2 atom stereocenters. The number of hydrogen-bond acceptors (Lipinski definition) is 6. The van der Waals surface area contributed by atoms with Crippen LogP contribution < -0.4 is 29.6 Å². The van der Waals surface area contributed by atoms with Gasteiger partial charge in [0.25, 0.3) is 0 Å². The molecule has 2 N–H and O–H groups in total. The second-order valence-corrected chi connectivity index (χ2v) is 13.4. The summed E-state index contributed by atoms with van der Waals surface area (Å²) >= 11 is 0. The molecule has 2 aliphatic heterocycles. The van der Waals surface area contributed by atoms with E-state index in [0.717, 1.165) is 44.5 Å². The number of amides is 2. The highest BCUT2D eigenvalue weighted by atomic mass is 16.5. The number of fused-ring (bicyclic) bond motifs is 2. The van der Waals surface area contributed by atoms with E-state index in [0.29, 0.717) is 34.4 Å². The molecule has 272 valence electrons. The first kappa shape index (κ1) is 35.8. The third kappa shape index (κ3) is 5.71. The summed E-state index contributed by atoms with van der Waals surface area (Å²) < 4.78 is 22.2. The van der Waals surface area contributed by atoms with Gasteiger partial charge in [-0.25, -0.2) is 0 Å². The molecule has 0 aliphatic carbocycles. The summed E-state index contributed by atoms with van der Waals surface area (Å²) in [6.45, 7) is 4.07. The first-order valence-corrected chi connectivity index (χ1v) is 17.6. The third-order valence-corrected chi connectivity index (χ3v) is 10.4. The Morgan fingerprint density at radius 1 is 0.426 bits per heavy atom. The highest BCUT2D eigenvalue weighted by Crippen LogP contribution is 2.54. The van der Waals surface area contributed by atoms with Crippen molar-refractivity contribution in [1.82, 2.24) is 0 Å². The first-order valence-electron chi connectivity index (χ1n) is 17.6. The highest BCUT2D eigenvalue weighted by molar-refractivity contribution is 6.13. The van der Waals surface area contributed by atoms with Crippen molar-refractivity contribution in [2.24, 2.45) is 0 Å². The molecule has 0 saturated carbocycles. The first-order chi connectivity index (χ1) is 26.2. The van der Waals surface area contributed by atoms with Crippen LogP contribution >= 0.6 is 0 Å². The van der Waals surface area contributed by atoms with E-state index < -0.39 is 10.8 Å². The van der Waals surface area contributed by atoms with Crippen LogP contribution in [0, 0.1) is 13.8 Å². The minimum absolute atomic E-state index is 0.0980. The van der Waals surface area contributed by atoms with Crippen LogP contribution in [0.25, 0.3) is 0 Å². The third-order valence-electron chi connectivity index (χ3n) is 10.4. The van der Waals surface area contributed by atoms with Crippen LogP contribution in [0.4, 0.5) is 11.4 Å². The van der Waals surface area contributed by atoms with Gasteiger partial charge in [-0.2, -0.15) is 0 Å². The van der Waals surface area contributed by atoms with Crippen LogP contribution in [0.2, 0.25) is 0 Å². The van der Waals surface area contributed by atoms with Crippen molar-refractivity contribution in [3.05, 3.63) is 178 Å². The summed E-state index contributed by atoms with van der Waals surface area (Å²) in [4.78, 5) is 27.0. The summed E-state index contributed by atoms with van der Waals surface area (Å²) in [6.07, 6.45) is 0.